The van der Waals surface area contributed by atoms with E-state index in [1.807, 2.05) is 13.8 Å². The van der Waals surface area contributed by atoms with Crippen LogP contribution in [0.2, 0.25) is 5.02 Å². The highest BCUT2D eigenvalue weighted by molar-refractivity contribution is 9.10. The number of carbonyl (C=O) groups excluding carboxylic acids is 2. The van der Waals surface area contributed by atoms with Gasteiger partial charge in [-0.25, -0.2) is 0 Å². The van der Waals surface area contributed by atoms with Gasteiger partial charge >= 0.3 is 0 Å². The van der Waals surface area contributed by atoms with Crippen LogP contribution in [0.15, 0.2) is 45.3 Å². The number of benzene rings is 2. The van der Waals surface area contributed by atoms with Gasteiger partial charge in [-0.05, 0) is 82.1 Å². The van der Waals surface area contributed by atoms with Crippen LogP contribution in [0.4, 0.5) is 0 Å². The molecule has 0 atom stereocenters. The molecule has 0 aromatic heterocycles. The molecule has 0 spiro atoms. The van der Waals surface area contributed by atoms with Crippen LogP contribution >= 0.6 is 43.5 Å². The number of carbonyl (C=O) groups is 2. The minimum atomic E-state index is -0.510. The molecule has 0 saturated carbocycles. The minimum Gasteiger partial charge on any atom is -0.490 e. The van der Waals surface area contributed by atoms with Gasteiger partial charge < -0.3 is 9.47 Å². The maximum absolute atomic E-state index is 12.2. The van der Waals surface area contributed by atoms with Gasteiger partial charge in [-0.1, -0.05) is 11.6 Å². The largest absolute Gasteiger partial charge is 0.490 e. The Labute approximate surface area is 178 Å². The molecule has 2 N–H and O–H groups in total. The molecule has 0 aliphatic rings. The van der Waals surface area contributed by atoms with Gasteiger partial charge in [0.25, 0.3) is 11.8 Å². The number of amides is 2. The van der Waals surface area contributed by atoms with E-state index < -0.39 is 11.8 Å². The lowest BCUT2D eigenvalue weighted by atomic mass is 10.2. The molecule has 6 nitrogen and oxygen atoms in total. The van der Waals surface area contributed by atoms with E-state index in [0.717, 1.165) is 0 Å². The van der Waals surface area contributed by atoms with Crippen molar-refractivity contribution in [2.45, 2.75) is 20.0 Å². The van der Waals surface area contributed by atoms with Gasteiger partial charge in [0.05, 0.1) is 15.0 Å². The molecule has 27 heavy (non-hydrogen) atoms. The molecule has 2 amide bonds. The lowest BCUT2D eigenvalue weighted by Gasteiger charge is -2.13. The van der Waals surface area contributed by atoms with E-state index in [2.05, 4.69) is 42.7 Å². The second-order valence-electron chi connectivity index (χ2n) is 5.68. The first-order chi connectivity index (χ1) is 12.8. The third-order valence-corrected chi connectivity index (χ3v) is 4.60. The van der Waals surface area contributed by atoms with Crippen LogP contribution in [0.5, 0.6) is 11.5 Å². The third kappa shape index (κ3) is 6.71. The Kier molecular flexibility index (Phi) is 7.94. The number of nitrogens with one attached hydrogen (secondary N) is 2. The Morgan fingerprint density at radius 1 is 1.04 bits per heavy atom. The third-order valence-electron chi connectivity index (χ3n) is 3.12. The zero-order chi connectivity index (χ0) is 20.0. The standard InChI is InChI=1S/C18H17Br2ClN2O4/c1-10(2)27-16-5-3-11(7-13(16)19)18(25)23-22-17(24)9-26-15-6-4-12(21)8-14(15)20/h3-8,10H,9H2,1-2H3,(H,22,24)(H,23,25). The van der Waals surface area contributed by atoms with Crippen molar-refractivity contribution in [1.29, 1.82) is 0 Å². The summed E-state index contributed by atoms with van der Waals surface area (Å²) in [5, 5.41) is 0.543. The lowest BCUT2D eigenvalue weighted by Crippen LogP contribution is -2.43. The van der Waals surface area contributed by atoms with Crippen LogP contribution < -0.4 is 20.3 Å². The van der Waals surface area contributed by atoms with Gasteiger partial charge in [-0.15, -0.1) is 0 Å². The van der Waals surface area contributed by atoms with E-state index in [4.69, 9.17) is 21.1 Å². The molecule has 0 radical (unpaired) electrons. The zero-order valence-electron chi connectivity index (χ0n) is 14.5. The van der Waals surface area contributed by atoms with Gasteiger partial charge in [-0.2, -0.15) is 0 Å². The maximum atomic E-state index is 12.2. The molecule has 0 aliphatic heterocycles. The smallest absolute Gasteiger partial charge is 0.276 e. The summed E-state index contributed by atoms with van der Waals surface area (Å²) in [5.41, 5.74) is 4.99. The molecule has 0 heterocycles. The Bertz CT molecular complexity index is 846. The van der Waals surface area contributed by atoms with Crippen molar-refractivity contribution in [2.24, 2.45) is 0 Å². The fourth-order valence-corrected chi connectivity index (χ4v) is 3.23. The first-order valence-electron chi connectivity index (χ1n) is 7.89. The van der Waals surface area contributed by atoms with Crippen LogP contribution in [0.3, 0.4) is 0 Å². The first-order valence-corrected chi connectivity index (χ1v) is 9.86. The molecule has 2 rings (SSSR count). The van der Waals surface area contributed by atoms with Gasteiger partial charge in [0.15, 0.2) is 6.61 Å². The van der Waals surface area contributed by atoms with E-state index in [1.165, 1.54) is 0 Å². The highest BCUT2D eigenvalue weighted by Crippen LogP contribution is 2.28. The quantitative estimate of drug-likeness (QED) is 0.551. The van der Waals surface area contributed by atoms with E-state index in [1.54, 1.807) is 36.4 Å². The molecular weight excluding hydrogens is 503 g/mol. The summed E-state index contributed by atoms with van der Waals surface area (Å²) < 4.78 is 12.2. The van der Waals surface area contributed by atoms with Gasteiger partial charge in [-0.3, -0.25) is 20.4 Å². The Balaban J connectivity index is 1.85. The van der Waals surface area contributed by atoms with Gasteiger partial charge in [0.1, 0.15) is 11.5 Å². The summed E-state index contributed by atoms with van der Waals surface area (Å²) in [6.07, 6.45) is 0.0148. The van der Waals surface area contributed by atoms with Crippen LogP contribution in [-0.2, 0) is 4.79 Å². The van der Waals surface area contributed by atoms with E-state index in [-0.39, 0.29) is 12.7 Å². The monoisotopic (exact) mass is 518 g/mol. The molecule has 0 bridgehead atoms. The molecule has 0 fully saturated rings. The Morgan fingerprint density at radius 2 is 1.70 bits per heavy atom. The van der Waals surface area contributed by atoms with Gasteiger partial charge in [0, 0.05) is 10.6 Å². The SMILES string of the molecule is CC(C)Oc1ccc(C(=O)NNC(=O)COc2ccc(Cl)cc2Br)cc1Br. The minimum absolute atomic E-state index is 0.0148. The Hall–Kier alpha value is -1.77. The maximum Gasteiger partial charge on any atom is 0.276 e. The van der Waals surface area contributed by atoms with Crippen molar-refractivity contribution in [3.05, 3.63) is 55.9 Å². The average molecular weight is 521 g/mol. The number of ether oxygens (including phenoxy) is 2. The second kappa shape index (κ2) is 9.96. The summed E-state index contributed by atoms with van der Waals surface area (Å²) >= 11 is 12.5. The van der Waals surface area contributed by atoms with Crippen LogP contribution in [0.25, 0.3) is 0 Å². The molecule has 0 saturated heterocycles. The molecular formula is C18H17Br2ClN2O4. The number of halogens is 3. The fraction of sp³-hybridized carbons (Fsp3) is 0.222. The van der Waals surface area contributed by atoms with Crippen LogP contribution in [-0.4, -0.2) is 24.5 Å². The number of hydrogen-bond acceptors (Lipinski definition) is 4. The highest BCUT2D eigenvalue weighted by Gasteiger charge is 2.12. The average Bonchev–Trinajstić information content (AvgIpc) is 2.60. The van der Waals surface area contributed by atoms with Crippen LogP contribution in [0, 0.1) is 0 Å². The molecule has 0 unspecified atom stereocenters. The van der Waals surface area contributed by atoms with E-state index >= 15 is 0 Å². The lowest BCUT2D eigenvalue weighted by molar-refractivity contribution is -0.123. The van der Waals surface area contributed by atoms with Crippen molar-refractivity contribution in [2.75, 3.05) is 6.61 Å². The van der Waals surface area contributed by atoms with Crippen molar-refractivity contribution >= 4 is 55.3 Å². The Morgan fingerprint density at radius 3 is 2.33 bits per heavy atom. The second-order valence-corrected chi connectivity index (χ2v) is 7.82. The van der Waals surface area contributed by atoms with Crippen LogP contribution in [0.1, 0.15) is 24.2 Å². The van der Waals surface area contributed by atoms with Crippen molar-refractivity contribution < 1.29 is 19.1 Å². The topological polar surface area (TPSA) is 76.7 Å². The number of rotatable bonds is 6. The molecule has 2 aromatic carbocycles. The van der Waals surface area contributed by atoms with E-state index in [9.17, 15) is 9.59 Å². The predicted molar refractivity (Wildman–Crippen MR) is 110 cm³/mol. The molecule has 0 aliphatic carbocycles. The fourth-order valence-electron chi connectivity index (χ4n) is 1.96. The van der Waals surface area contributed by atoms with Gasteiger partial charge in [0.2, 0.25) is 0 Å². The summed E-state index contributed by atoms with van der Waals surface area (Å²) in [5.74, 6) is 0.120. The highest BCUT2D eigenvalue weighted by atomic mass is 79.9. The van der Waals surface area contributed by atoms with Crippen molar-refractivity contribution in [3.8, 4) is 11.5 Å². The molecule has 144 valence electrons. The predicted octanol–water partition coefficient (Wildman–Crippen LogP) is 4.49. The van der Waals surface area contributed by atoms with E-state index in [0.29, 0.717) is 31.0 Å². The summed E-state index contributed by atoms with van der Waals surface area (Å²) in [6.45, 7) is 3.55. The summed E-state index contributed by atoms with van der Waals surface area (Å²) in [4.78, 5) is 24.0. The summed E-state index contributed by atoms with van der Waals surface area (Å²) in [6, 6.07) is 9.83. The van der Waals surface area contributed by atoms with Crippen molar-refractivity contribution in [1.82, 2.24) is 10.9 Å². The number of hydrogen-bond donors (Lipinski definition) is 2. The number of hydrazine groups is 1. The van der Waals surface area contributed by atoms with Crippen molar-refractivity contribution in [3.63, 3.8) is 0 Å². The zero-order valence-corrected chi connectivity index (χ0v) is 18.4. The molecule has 9 heteroatoms. The summed E-state index contributed by atoms with van der Waals surface area (Å²) in [7, 11) is 0. The molecule has 2 aromatic rings. The first kappa shape index (κ1) is 21.5. The normalized spacial score (nSPS) is 10.4.